The summed E-state index contributed by atoms with van der Waals surface area (Å²) in [4.78, 5) is 10.1. The van der Waals surface area contributed by atoms with Gasteiger partial charge in [0, 0.05) is 18.3 Å². The number of hydrogen-bond acceptors (Lipinski definition) is 4. The number of nitrogens with two attached hydrogens (primary N) is 1. The van der Waals surface area contributed by atoms with Crippen LogP contribution in [0.1, 0.15) is 0 Å². The molecule has 1 aromatic carbocycles. The minimum Gasteiger partial charge on any atom is -0.382 e. The third-order valence-electron chi connectivity index (χ3n) is 2.00. The van der Waals surface area contributed by atoms with Gasteiger partial charge in [-0.2, -0.15) is 5.10 Å². The highest BCUT2D eigenvalue weighted by molar-refractivity contribution is 6.32. The molecule has 0 radical (unpaired) electrons. The van der Waals surface area contributed by atoms with E-state index in [9.17, 15) is 10.1 Å². The van der Waals surface area contributed by atoms with Crippen LogP contribution in [0.15, 0.2) is 30.5 Å². The van der Waals surface area contributed by atoms with E-state index in [1.54, 1.807) is 18.3 Å². The van der Waals surface area contributed by atoms with Crippen molar-refractivity contribution in [2.75, 3.05) is 5.73 Å². The van der Waals surface area contributed by atoms with Gasteiger partial charge >= 0.3 is 0 Å². The minimum atomic E-state index is -0.543. The Balaban J connectivity index is 2.51. The number of aromatic nitrogens is 2. The van der Waals surface area contributed by atoms with Crippen molar-refractivity contribution in [1.29, 1.82) is 0 Å². The zero-order chi connectivity index (χ0) is 11.7. The maximum Gasteiger partial charge on any atom is 0.290 e. The number of nitrogens with zero attached hydrogens (tertiary/aromatic N) is 3. The Morgan fingerprint density at radius 3 is 2.75 bits per heavy atom. The molecule has 2 aromatic rings. The Kier molecular flexibility index (Phi) is 2.49. The second-order valence-corrected chi connectivity index (χ2v) is 3.49. The summed E-state index contributed by atoms with van der Waals surface area (Å²) in [5.41, 5.74) is 5.83. The SMILES string of the molecule is Nc1ccn(-c2ccc(Cl)c([N+](=O)[O-])c2)n1. The fourth-order valence-electron chi connectivity index (χ4n) is 1.27. The molecule has 0 spiro atoms. The third kappa shape index (κ3) is 1.82. The van der Waals surface area contributed by atoms with Gasteiger partial charge in [0.15, 0.2) is 0 Å². The van der Waals surface area contributed by atoms with Crippen molar-refractivity contribution in [1.82, 2.24) is 9.78 Å². The first-order chi connectivity index (χ1) is 7.58. The Hall–Kier alpha value is -2.08. The second-order valence-electron chi connectivity index (χ2n) is 3.08. The molecule has 82 valence electrons. The number of anilines is 1. The highest BCUT2D eigenvalue weighted by atomic mass is 35.5. The number of nitro benzene ring substituents is 1. The molecule has 0 saturated carbocycles. The summed E-state index contributed by atoms with van der Waals surface area (Å²) in [6, 6.07) is 6.02. The smallest absolute Gasteiger partial charge is 0.290 e. The van der Waals surface area contributed by atoms with E-state index in [0.29, 0.717) is 11.5 Å². The summed E-state index contributed by atoms with van der Waals surface area (Å²) >= 11 is 5.69. The van der Waals surface area contributed by atoms with E-state index in [1.807, 2.05) is 0 Å². The standard InChI is InChI=1S/C9H7ClN4O2/c10-7-2-1-6(5-8(7)14(15)16)13-4-3-9(11)12-13/h1-5H,(H2,11,12). The van der Waals surface area contributed by atoms with Crippen molar-refractivity contribution in [3.05, 3.63) is 45.6 Å². The van der Waals surface area contributed by atoms with Crippen molar-refractivity contribution in [3.63, 3.8) is 0 Å². The van der Waals surface area contributed by atoms with Gasteiger partial charge in [0.25, 0.3) is 5.69 Å². The van der Waals surface area contributed by atoms with Gasteiger partial charge in [0.2, 0.25) is 0 Å². The summed E-state index contributed by atoms with van der Waals surface area (Å²) in [5.74, 6) is 0.345. The molecule has 16 heavy (non-hydrogen) atoms. The molecule has 0 saturated heterocycles. The van der Waals surface area contributed by atoms with Gasteiger partial charge in [-0.25, -0.2) is 4.68 Å². The first kappa shape index (κ1) is 10.4. The zero-order valence-corrected chi connectivity index (χ0v) is 8.76. The average molecular weight is 239 g/mol. The number of nitrogen functional groups attached to an aromatic ring is 1. The van der Waals surface area contributed by atoms with Crippen LogP contribution in [0, 0.1) is 10.1 Å². The molecule has 0 unspecified atom stereocenters. The predicted molar refractivity (Wildman–Crippen MR) is 59.6 cm³/mol. The van der Waals surface area contributed by atoms with Gasteiger partial charge in [-0.1, -0.05) is 11.6 Å². The first-order valence-electron chi connectivity index (χ1n) is 4.33. The lowest BCUT2D eigenvalue weighted by molar-refractivity contribution is -0.384. The Morgan fingerprint density at radius 2 is 2.19 bits per heavy atom. The van der Waals surface area contributed by atoms with Gasteiger partial charge in [-0.05, 0) is 12.1 Å². The highest BCUT2D eigenvalue weighted by Crippen LogP contribution is 2.26. The molecular weight excluding hydrogens is 232 g/mol. The van der Waals surface area contributed by atoms with Gasteiger partial charge < -0.3 is 5.73 Å². The first-order valence-corrected chi connectivity index (χ1v) is 4.71. The van der Waals surface area contributed by atoms with Crippen molar-refractivity contribution < 1.29 is 4.92 Å². The lowest BCUT2D eigenvalue weighted by Crippen LogP contribution is -1.98. The predicted octanol–water partition coefficient (Wildman–Crippen LogP) is 2.02. The fourth-order valence-corrected chi connectivity index (χ4v) is 1.45. The van der Waals surface area contributed by atoms with E-state index < -0.39 is 4.92 Å². The van der Waals surface area contributed by atoms with Crippen LogP contribution in [0.4, 0.5) is 11.5 Å². The van der Waals surface area contributed by atoms with Crippen LogP contribution in [0.3, 0.4) is 0 Å². The molecule has 0 fully saturated rings. The summed E-state index contributed by atoms with van der Waals surface area (Å²) in [6.45, 7) is 0. The van der Waals surface area contributed by atoms with Crippen molar-refractivity contribution >= 4 is 23.1 Å². The van der Waals surface area contributed by atoms with E-state index in [-0.39, 0.29) is 10.7 Å². The zero-order valence-electron chi connectivity index (χ0n) is 8.00. The third-order valence-corrected chi connectivity index (χ3v) is 2.32. The van der Waals surface area contributed by atoms with Crippen LogP contribution < -0.4 is 5.73 Å². The molecule has 0 aliphatic heterocycles. The largest absolute Gasteiger partial charge is 0.382 e. The highest BCUT2D eigenvalue weighted by Gasteiger charge is 2.13. The molecule has 1 heterocycles. The van der Waals surface area contributed by atoms with Crippen LogP contribution in [0.5, 0.6) is 0 Å². The number of nitro groups is 1. The quantitative estimate of drug-likeness (QED) is 0.640. The van der Waals surface area contributed by atoms with E-state index in [4.69, 9.17) is 17.3 Å². The molecule has 0 aliphatic rings. The van der Waals surface area contributed by atoms with Crippen LogP contribution in [-0.2, 0) is 0 Å². The normalized spacial score (nSPS) is 10.3. The van der Waals surface area contributed by atoms with E-state index in [2.05, 4.69) is 5.10 Å². The van der Waals surface area contributed by atoms with Crippen LogP contribution in [0.2, 0.25) is 5.02 Å². The second kappa shape index (κ2) is 3.82. The summed E-state index contributed by atoms with van der Waals surface area (Å²) in [6.07, 6.45) is 1.61. The number of hydrogen-bond donors (Lipinski definition) is 1. The summed E-state index contributed by atoms with van der Waals surface area (Å²) in [5, 5.41) is 14.7. The average Bonchev–Trinajstić information content (AvgIpc) is 2.65. The van der Waals surface area contributed by atoms with E-state index in [1.165, 1.54) is 16.8 Å². The Bertz CT molecular complexity index is 552. The molecule has 1 aromatic heterocycles. The molecule has 2 N–H and O–H groups in total. The molecule has 7 heteroatoms. The van der Waals surface area contributed by atoms with Gasteiger partial charge in [-0.3, -0.25) is 10.1 Å². The molecule has 0 amide bonds. The maximum absolute atomic E-state index is 10.7. The lowest BCUT2D eigenvalue weighted by Gasteiger charge is -2.01. The number of halogens is 1. The molecule has 2 rings (SSSR count). The van der Waals surface area contributed by atoms with E-state index in [0.717, 1.165) is 0 Å². The van der Waals surface area contributed by atoms with Gasteiger partial charge in [0.05, 0.1) is 10.6 Å². The molecular formula is C9H7ClN4O2. The summed E-state index contributed by atoms with van der Waals surface area (Å²) < 4.78 is 1.44. The molecule has 0 atom stereocenters. The monoisotopic (exact) mass is 238 g/mol. The van der Waals surface area contributed by atoms with Crippen molar-refractivity contribution in [2.45, 2.75) is 0 Å². The minimum absolute atomic E-state index is 0.0916. The molecule has 0 aliphatic carbocycles. The number of benzene rings is 1. The fraction of sp³-hybridized carbons (Fsp3) is 0. The number of rotatable bonds is 2. The molecule has 0 bridgehead atoms. The lowest BCUT2D eigenvalue weighted by atomic mass is 10.3. The van der Waals surface area contributed by atoms with Crippen molar-refractivity contribution in [3.8, 4) is 5.69 Å². The van der Waals surface area contributed by atoms with Crippen molar-refractivity contribution in [2.24, 2.45) is 0 Å². The van der Waals surface area contributed by atoms with Gasteiger partial charge in [0.1, 0.15) is 10.8 Å². The van der Waals surface area contributed by atoms with Crippen LogP contribution in [-0.4, -0.2) is 14.7 Å². The Morgan fingerprint density at radius 1 is 1.44 bits per heavy atom. The topological polar surface area (TPSA) is 87.0 Å². The molecule has 6 nitrogen and oxygen atoms in total. The van der Waals surface area contributed by atoms with Crippen LogP contribution in [0.25, 0.3) is 5.69 Å². The van der Waals surface area contributed by atoms with Gasteiger partial charge in [-0.15, -0.1) is 0 Å². The summed E-state index contributed by atoms with van der Waals surface area (Å²) in [7, 11) is 0. The maximum atomic E-state index is 10.7. The van der Waals surface area contributed by atoms with E-state index >= 15 is 0 Å². The Labute approximate surface area is 95.4 Å². The van der Waals surface area contributed by atoms with Crippen LogP contribution >= 0.6 is 11.6 Å².